The lowest BCUT2D eigenvalue weighted by atomic mass is 9.54. The Balaban J connectivity index is 0. The Hall–Kier alpha value is -1.06. The number of ether oxygens (including phenoxy) is 2. The van der Waals surface area contributed by atoms with Crippen molar-refractivity contribution in [3.8, 4) is 0 Å². The second-order valence-electron chi connectivity index (χ2n) is 11.0. The van der Waals surface area contributed by atoms with Crippen LogP contribution in [0.25, 0.3) is 0 Å². The van der Waals surface area contributed by atoms with Gasteiger partial charge in [0.05, 0.1) is 11.3 Å². The molecular formula is C27H54O4. The fourth-order valence-electron chi connectivity index (χ4n) is 6.00. The maximum absolute atomic E-state index is 13.0. The summed E-state index contributed by atoms with van der Waals surface area (Å²) in [6.45, 7) is 11.4. The van der Waals surface area contributed by atoms with Gasteiger partial charge in [0.2, 0.25) is 0 Å². The van der Waals surface area contributed by atoms with Crippen molar-refractivity contribution in [2.24, 2.45) is 29.1 Å². The number of esters is 2. The van der Waals surface area contributed by atoms with E-state index in [1.165, 1.54) is 19.3 Å². The summed E-state index contributed by atoms with van der Waals surface area (Å²) in [6.07, 6.45) is 8.27. The van der Waals surface area contributed by atoms with Gasteiger partial charge < -0.3 is 9.47 Å². The fourth-order valence-corrected chi connectivity index (χ4v) is 6.00. The molecule has 31 heavy (non-hydrogen) atoms. The average molecular weight is 443 g/mol. The summed E-state index contributed by atoms with van der Waals surface area (Å²) in [5, 5.41) is 0. The molecule has 0 N–H and O–H groups in total. The van der Waals surface area contributed by atoms with E-state index in [-0.39, 0.29) is 53.2 Å². The van der Waals surface area contributed by atoms with Crippen molar-refractivity contribution in [1.82, 2.24) is 0 Å². The third kappa shape index (κ3) is 7.22. The van der Waals surface area contributed by atoms with Gasteiger partial charge in [-0.05, 0) is 96.8 Å². The summed E-state index contributed by atoms with van der Waals surface area (Å²) in [5.41, 5.74) is -1.39. The molecule has 4 saturated carbocycles. The fraction of sp³-hybridized carbons (Fsp3) is 0.926. The standard InChI is InChI=1S/C23H38O4.4CH4/c1-7-22(6,20(25)27-21(3,4)5)11-15(2)19(24)26-23-12-16-8-17(13-23)10-18(9-16)14-23;;;;/h15-18H,7-14H2,1-6H3;4*1H4. The van der Waals surface area contributed by atoms with Crippen molar-refractivity contribution >= 4 is 11.9 Å². The highest BCUT2D eigenvalue weighted by molar-refractivity contribution is 5.79. The molecule has 4 heteroatoms. The molecule has 2 unspecified atom stereocenters. The number of hydrogen-bond acceptors (Lipinski definition) is 4. The van der Waals surface area contributed by atoms with E-state index >= 15 is 0 Å². The first-order valence-electron chi connectivity index (χ1n) is 10.9. The highest BCUT2D eigenvalue weighted by Gasteiger charge is 2.53. The lowest BCUT2D eigenvalue weighted by Gasteiger charge is -2.55. The van der Waals surface area contributed by atoms with Crippen molar-refractivity contribution in [2.75, 3.05) is 0 Å². The van der Waals surface area contributed by atoms with E-state index in [0.717, 1.165) is 37.0 Å². The molecule has 4 aliphatic carbocycles. The predicted octanol–water partition coefficient (Wildman–Crippen LogP) is 7.83. The van der Waals surface area contributed by atoms with Crippen LogP contribution in [0.3, 0.4) is 0 Å². The van der Waals surface area contributed by atoms with Crippen molar-refractivity contribution in [3.63, 3.8) is 0 Å². The maximum Gasteiger partial charge on any atom is 0.312 e. The van der Waals surface area contributed by atoms with Gasteiger partial charge in [-0.25, -0.2) is 0 Å². The lowest BCUT2D eigenvalue weighted by molar-refractivity contribution is -0.192. The van der Waals surface area contributed by atoms with Crippen LogP contribution in [0, 0.1) is 29.1 Å². The third-order valence-electron chi connectivity index (χ3n) is 7.13. The second-order valence-corrected chi connectivity index (χ2v) is 11.0. The molecule has 0 aromatic carbocycles. The Morgan fingerprint density at radius 1 is 0.903 bits per heavy atom. The van der Waals surface area contributed by atoms with Crippen LogP contribution in [-0.2, 0) is 19.1 Å². The first kappa shape index (κ1) is 32.1. The van der Waals surface area contributed by atoms with Gasteiger partial charge in [0.25, 0.3) is 0 Å². The Morgan fingerprint density at radius 3 is 1.68 bits per heavy atom. The first-order chi connectivity index (χ1) is 12.4. The highest BCUT2D eigenvalue weighted by atomic mass is 16.6. The van der Waals surface area contributed by atoms with Gasteiger partial charge in [-0.3, -0.25) is 9.59 Å². The zero-order valence-corrected chi connectivity index (χ0v) is 18.1. The van der Waals surface area contributed by atoms with Gasteiger partial charge in [0.15, 0.2) is 0 Å². The molecule has 0 aromatic rings. The Bertz CT molecular complexity index is 553. The normalized spacial score (nSPS) is 30.8. The third-order valence-corrected chi connectivity index (χ3v) is 7.13. The molecule has 4 fully saturated rings. The molecule has 4 bridgehead atoms. The van der Waals surface area contributed by atoms with Crippen LogP contribution in [0.1, 0.15) is 123 Å². The van der Waals surface area contributed by atoms with Crippen LogP contribution in [0.5, 0.6) is 0 Å². The Kier molecular flexibility index (Phi) is 11.6. The minimum absolute atomic E-state index is 0. The summed E-state index contributed by atoms with van der Waals surface area (Å²) in [7, 11) is 0. The minimum Gasteiger partial charge on any atom is -0.460 e. The van der Waals surface area contributed by atoms with E-state index in [4.69, 9.17) is 9.47 Å². The summed E-state index contributed by atoms with van der Waals surface area (Å²) >= 11 is 0. The zero-order chi connectivity index (χ0) is 20.0. The molecule has 0 heterocycles. The van der Waals surface area contributed by atoms with Gasteiger partial charge >= 0.3 is 11.9 Å². The monoisotopic (exact) mass is 442 g/mol. The Labute approximate surface area is 194 Å². The molecule has 0 aliphatic heterocycles. The summed E-state index contributed by atoms with van der Waals surface area (Å²) in [4.78, 5) is 25.7. The zero-order valence-electron chi connectivity index (χ0n) is 18.1. The van der Waals surface area contributed by atoms with E-state index in [1.807, 2.05) is 41.5 Å². The quantitative estimate of drug-likeness (QED) is 0.393. The van der Waals surface area contributed by atoms with Crippen LogP contribution in [-0.4, -0.2) is 23.1 Å². The lowest BCUT2D eigenvalue weighted by Crippen LogP contribution is -2.53. The Morgan fingerprint density at radius 2 is 1.32 bits per heavy atom. The molecule has 0 saturated heterocycles. The molecule has 0 amide bonds. The minimum atomic E-state index is -0.660. The van der Waals surface area contributed by atoms with Crippen molar-refractivity contribution in [2.45, 2.75) is 134 Å². The van der Waals surface area contributed by atoms with E-state index in [1.54, 1.807) is 0 Å². The number of rotatable bonds is 6. The smallest absolute Gasteiger partial charge is 0.312 e. The molecule has 2 atom stereocenters. The first-order valence-corrected chi connectivity index (χ1v) is 10.9. The van der Waals surface area contributed by atoms with Crippen LogP contribution in [0.2, 0.25) is 0 Å². The van der Waals surface area contributed by atoms with Gasteiger partial charge in [-0.1, -0.05) is 43.6 Å². The molecule has 4 aliphatic rings. The number of carbonyl (C=O) groups is 2. The summed E-state index contributed by atoms with van der Waals surface area (Å²) < 4.78 is 11.8. The van der Waals surface area contributed by atoms with Crippen molar-refractivity contribution in [3.05, 3.63) is 0 Å². The number of carbonyl (C=O) groups excluding carboxylic acids is 2. The summed E-state index contributed by atoms with van der Waals surface area (Å²) in [6, 6.07) is 0. The second kappa shape index (κ2) is 11.2. The van der Waals surface area contributed by atoms with Gasteiger partial charge in [0.1, 0.15) is 11.2 Å². The summed E-state index contributed by atoms with van der Waals surface area (Å²) in [5.74, 6) is 1.62. The predicted molar refractivity (Wildman–Crippen MR) is 132 cm³/mol. The highest BCUT2D eigenvalue weighted by Crippen LogP contribution is 2.57. The molecule has 4 rings (SSSR count). The van der Waals surface area contributed by atoms with Crippen LogP contribution in [0.15, 0.2) is 0 Å². The number of hydrogen-bond donors (Lipinski definition) is 0. The topological polar surface area (TPSA) is 52.6 Å². The molecule has 4 nitrogen and oxygen atoms in total. The van der Waals surface area contributed by atoms with E-state index in [9.17, 15) is 9.59 Å². The van der Waals surface area contributed by atoms with Gasteiger partial charge in [0, 0.05) is 0 Å². The van der Waals surface area contributed by atoms with E-state index in [2.05, 4.69) is 0 Å². The largest absolute Gasteiger partial charge is 0.460 e. The SMILES string of the molecule is C.C.C.C.CCC(C)(CC(C)C(=O)OC12CC3CC(CC(C3)C1)C2)C(=O)OC(C)(C)C. The molecule has 0 spiro atoms. The van der Waals surface area contributed by atoms with E-state index < -0.39 is 11.0 Å². The maximum atomic E-state index is 13.0. The average Bonchev–Trinajstić information content (AvgIpc) is 2.51. The van der Waals surface area contributed by atoms with Crippen LogP contribution < -0.4 is 0 Å². The molecule has 186 valence electrons. The van der Waals surface area contributed by atoms with Gasteiger partial charge in [-0.2, -0.15) is 0 Å². The molecule has 0 aromatic heterocycles. The van der Waals surface area contributed by atoms with Crippen molar-refractivity contribution < 1.29 is 19.1 Å². The molecular weight excluding hydrogens is 388 g/mol. The van der Waals surface area contributed by atoms with Crippen molar-refractivity contribution in [1.29, 1.82) is 0 Å². The van der Waals surface area contributed by atoms with Crippen LogP contribution >= 0.6 is 0 Å². The van der Waals surface area contributed by atoms with Gasteiger partial charge in [-0.15, -0.1) is 0 Å². The van der Waals surface area contributed by atoms with Crippen LogP contribution in [0.4, 0.5) is 0 Å². The molecule has 0 radical (unpaired) electrons. The van der Waals surface area contributed by atoms with E-state index in [0.29, 0.717) is 12.8 Å².